The third-order valence-corrected chi connectivity index (χ3v) is 3.77. The first-order chi connectivity index (χ1) is 11.7. The van der Waals surface area contributed by atoms with Crippen LogP contribution in [0.2, 0.25) is 0 Å². The van der Waals surface area contributed by atoms with E-state index >= 15 is 0 Å². The molecule has 1 aromatic carbocycles. The molecule has 0 spiro atoms. The third-order valence-electron chi connectivity index (χ3n) is 3.77. The average molecular weight is 332 g/mol. The Morgan fingerprint density at radius 3 is 2.83 bits per heavy atom. The molecule has 0 saturated heterocycles. The summed E-state index contributed by atoms with van der Waals surface area (Å²) < 4.78 is 30.1. The molecule has 0 fully saturated rings. The Balaban J connectivity index is 1.38. The van der Waals surface area contributed by atoms with Crippen molar-refractivity contribution >= 4 is 5.90 Å². The van der Waals surface area contributed by atoms with Crippen LogP contribution in [0.25, 0.3) is 0 Å². The summed E-state index contributed by atoms with van der Waals surface area (Å²) in [6, 6.07) is 6.76. The van der Waals surface area contributed by atoms with Gasteiger partial charge in [0.25, 0.3) is 0 Å². The highest BCUT2D eigenvalue weighted by atomic mass is 19.1. The van der Waals surface area contributed by atoms with Gasteiger partial charge in [0.15, 0.2) is 11.6 Å². The number of halogens is 1. The Hall–Kier alpha value is -2.37. The first-order valence-corrected chi connectivity index (χ1v) is 8.24. The van der Waals surface area contributed by atoms with E-state index in [-0.39, 0.29) is 11.6 Å². The number of aryl methyl sites for hydroxylation is 2. The predicted octanol–water partition coefficient (Wildman–Crippen LogP) is 3.69. The average Bonchev–Trinajstić information content (AvgIpc) is 3.23. The second-order valence-corrected chi connectivity index (χ2v) is 5.77. The fraction of sp³-hybridized carbons (Fsp3) is 0.444. The van der Waals surface area contributed by atoms with Crippen molar-refractivity contribution < 1.29 is 18.4 Å². The molecule has 0 amide bonds. The van der Waals surface area contributed by atoms with Crippen LogP contribution >= 0.6 is 0 Å². The summed E-state index contributed by atoms with van der Waals surface area (Å²) in [6.07, 6.45) is 3.72. The molecule has 3 rings (SSSR count). The minimum atomic E-state index is -0.386. The van der Waals surface area contributed by atoms with Crippen molar-refractivity contribution in [2.45, 2.75) is 32.6 Å². The van der Waals surface area contributed by atoms with Gasteiger partial charge < -0.3 is 14.0 Å². The Morgan fingerprint density at radius 1 is 1.21 bits per heavy atom. The second kappa shape index (κ2) is 7.95. The van der Waals surface area contributed by atoms with Gasteiger partial charge in [-0.05, 0) is 44.4 Å². The fourth-order valence-electron chi connectivity index (χ4n) is 2.56. The van der Waals surface area contributed by atoms with Crippen molar-refractivity contribution in [2.75, 3.05) is 19.8 Å². The van der Waals surface area contributed by atoms with E-state index in [1.54, 1.807) is 12.1 Å². The Bertz CT molecular complexity index is 712. The van der Waals surface area contributed by atoms with Crippen molar-refractivity contribution in [1.82, 2.24) is 5.16 Å². The quantitative estimate of drug-likeness (QED) is 0.692. The lowest BCUT2D eigenvalue weighted by Crippen LogP contribution is -2.04. The monoisotopic (exact) mass is 332 g/mol. The molecule has 0 bridgehead atoms. The lowest BCUT2D eigenvalue weighted by molar-refractivity contribution is 0.289. The maximum absolute atomic E-state index is 14.0. The van der Waals surface area contributed by atoms with Crippen molar-refractivity contribution in [2.24, 2.45) is 4.99 Å². The van der Waals surface area contributed by atoms with Gasteiger partial charge >= 0.3 is 0 Å². The lowest BCUT2D eigenvalue weighted by atomic mass is 10.1. The third kappa shape index (κ3) is 4.34. The molecule has 5 nitrogen and oxygen atoms in total. The van der Waals surface area contributed by atoms with E-state index in [1.165, 1.54) is 6.07 Å². The van der Waals surface area contributed by atoms with Crippen LogP contribution in [-0.2, 0) is 11.2 Å². The molecule has 128 valence electrons. The SMILES string of the molecule is Cc1cc(CCCCCOc2ccc(C3=NCCO3)cc2F)on1. The molecule has 6 heteroatoms. The maximum Gasteiger partial charge on any atom is 0.216 e. The first kappa shape index (κ1) is 16.5. The molecule has 0 aliphatic carbocycles. The highest BCUT2D eigenvalue weighted by Crippen LogP contribution is 2.20. The summed E-state index contributed by atoms with van der Waals surface area (Å²) in [5, 5.41) is 3.86. The summed E-state index contributed by atoms with van der Waals surface area (Å²) in [4.78, 5) is 4.17. The summed E-state index contributed by atoms with van der Waals surface area (Å²) >= 11 is 0. The number of rotatable bonds is 8. The van der Waals surface area contributed by atoms with E-state index in [0.717, 1.165) is 37.1 Å². The predicted molar refractivity (Wildman–Crippen MR) is 88.0 cm³/mol. The standard InChI is InChI=1S/C18H21FN2O3/c1-13-11-15(24-21-13)5-3-2-4-9-22-17-7-6-14(12-16(17)19)18-20-8-10-23-18/h6-7,11-12H,2-5,8-10H2,1H3. The number of aromatic nitrogens is 1. The van der Waals surface area contributed by atoms with E-state index in [9.17, 15) is 4.39 Å². The zero-order chi connectivity index (χ0) is 16.8. The molecule has 24 heavy (non-hydrogen) atoms. The Kier molecular flexibility index (Phi) is 5.46. The number of benzene rings is 1. The summed E-state index contributed by atoms with van der Waals surface area (Å²) in [5.74, 6) is 1.29. The van der Waals surface area contributed by atoms with Gasteiger partial charge in [0.1, 0.15) is 12.4 Å². The summed E-state index contributed by atoms with van der Waals surface area (Å²) in [6.45, 7) is 3.58. The fourth-order valence-corrected chi connectivity index (χ4v) is 2.56. The summed E-state index contributed by atoms with van der Waals surface area (Å²) in [7, 11) is 0. The van der Waals surface area contributed by atoms with Gasteiger partial charge in [0.2, 0.25) is 5.90 Å². The molecule has 0 radical (unpaired) electrons. The van der Waals surface area contributed by atoms with E-state index < -0.39 is 0 Å². The van der Waals surface area contributed by atoms with Crippen LogP contribution in [0.4, 0.5) is 4.39 Å². The number of hydrogen-bond donors (Lipinski definition) is 0. The molecule has 0 saturated carbocycles. The van der Waals surface area contributed by atoms with Gasteiger partial charge in [0, 0.05) is 18.1 Å². The molecular weight excluding hydrogens is 311 g/mol. The minimum Gasteiger partial charge on any atom is -0.491 e. The molecule has 1 aliphatic rings. The van der Waals surface area contributed by atoms with E-state index in [4.69, 9.17) is 14.0 Å². The molecule has 0 atom stereocenters. The van der Waals surface area contributed by atoms with Crippen molar-refractivity contribution in [3.05, 3.63) is 47.1 Å². The number of hydrogen-bond acceptors (Lipinski definition) is 5. The van der Waals surface area contributed by atoms with Crippen LogP contribution in [0, 0.1) is 12.7 Å². The highest BCUT2D eigenvalue weighted by molar-refractivity contribution is 5.95. The largest absolute Gasteiger partial charge is 0.491 e. The summed E-state index contributed by atoms with van der Waals surface area (Å²) in [5.41, 5.74) is 1.56. The Labute approximate surface area is 140 Å². The molecule has 1 aromatic heterocycles. The molecule has 0 N–H and O–H groups in total. The van der Waals surface area contributed by atoms with Crippen LogP contribution in [-0.4, -0.2) is 30.8 Å². The Morgan fingerprint density at radius 2 is 2.12 bits per heavy atom. The van der Waals surface area contributed by atoms with Crippen LogP contribution < -0.4 is 4.74 Å². The highest BCUT2D eigenvalue weighted by Gasteiger charge is 2.13. The van der Waals surface area contributed by atoms with Gasteiger partial charge in [-0.2, -0.15) is 0 Å². The van der Waals surface area contributed by atoms with Gasteiger partial charge in [0.05, 0.1) is 18.8 Å². The van der Waals surface area contributed by atoms with Crippen LogP contribution in [0.3, 0.4) is 0 Å². The van der Waals surface area contributed by atoms with Crippen LogP contribution in [0.5, 0.6) is 5.75 Å². The van der Waals surface area contributed by atoms with Gasteiger partial charge in [-0.15, -0.1) is 0 Å². The van der Waals surface area contributed by atoms with Crippen molar-refractivity contribution in [3.63, 3.8) is 0 Å². The maximum atomic E-state index is 14.0. The molecule has 1 aliphatic heterocycles. The number of ether oxygens (including phenoxy) is 2. The number of unbranched alkanes of at least 4 members (excludes halogenated alkanes) is 2. The lowest BCUT2D eigenvalue weighted by Gasteiger charge is -2.08. The zero-order valence-corrected chi connectivity index (χ0v) is 13.8. The van der Waals surface area contributed by atoms with Gasteiger partial charge in [-0.1, -0.05) is 5.16 Å². The normalized spacial score (nSPS) is 13.7. The van der Waals surface area contributed by atoms with Crippen LogP contribution in [0.15, 0.2) is 33.8 Å². The molecule has 2 heterocycles. The minimum absolute atomic E-state index is 0.267. The number of nitrogens with zero attached hydrogens (tertiary/aromatic N) is 2. The molecule has 2 aromatic rings. The number of aliphatic imine (C=N–C) groups is 1. The smallest absolute Gasteiger partial charge is 0.216 e. The molecule has 0 unspecified atom stereocenters. The van der Waals surface area contributed by atoms with Crippen molar-refractivity contribution in [3.8, 4) is 5.75 Å². The first-order valence-electron chi connectivity index (χ1n) is 8.24. The topological polar surface area (TPSA) is 56.9 Å². The van der Waals surface area contributed by atoms with Gasteiger partial charge in [-0.25, -0.2) is 9.38 Å². The molecular formula is C18H21FN2O3. The van der Waals surface area contributed by atoms with Crippen molar-refractivity contribution in [1.29, 1.82) is 0 Å². The zero-order valence-electron chi connectivity index (χ0n) is 13.8. The van der Waals surface area contributed by atoms with Crippen LogP contribution in [0.1, 0.15) is 36.3 Å². The van der Waals surface area contributed by atoms with E-state index in [2.05, 4.69) is 10.1 Å². The second-order valence-electron chi connectivity index (χ2n) is 5.77. The van der Waals surface area contributed by atoms with E-state index in [0.29, 0.717) is 31.2 Å². The van der Waals surface area contributed by atoms with E-state index in [1.807, 2.05) is 13.0 Å². The van der Waals surface area contributed by atoms with Gasteiger partial charge in [-0.3, -0.25) is 0 Å².